The normalized spacial score (nSPS) is 17.4. The molecule has 13 nitrogen and oxygen atoms in total. The smallest absolute Gasteiger partial charge is 0.221 e. The summed E-state index contributed by atoms with van der Waals surface area (Å²) in [6, 6.07) is 52.1. The molecule has 6 aromatic heterocycles. The van der Waals surface area contributed by atoms with Crippen LogP contribution in [0.2, 0.25) is 0 Å². The molecular formula is C54H46N12OS. The number of nitrogens with zero attached hydrogens (tertiary/aromatic N) is 8. The number of hydrogen-bond acceptors (Lipinski definition) is 12. The average Bonchev–Trinajstić information content (AvgIpc) is 3.94. The van der Waals surface area contributed by atoms with Gasteiger partial charge in [0, 0.05) is 46.3 Å². The lowest BCUT2D eigenvalue weighted by Crippen LogP contribution is -2.59. The Hall–Kier alpha value is -7.91. The van der Waals surface area contributed by atoms with Crippen molar-refractivity contribution in [3.8, 4) is 45.8 Å². The zero-order chi connectivity index (χ0) is 45.8. The van der Waals surface area contributed by atoms with Gasteiger partial charge >= 0.3 is 0 Å². The summed E-state index contributed by atoms with van der Waals surface area (Å²) in [5, 5.41) is 4.63. The standard InChI is InChI=1S/C54H46N12OS/c55-47-40(14-7-32-58-47)49-60-43-25-27-46(68-39-12-5-2-6-13-39)64-52(43)65(49)37-22-18-35(19-23-37)54(57)31-28-44(54)62-48-41(15-8-33-59-48)50-61-42-24-26-45(67-38-10-3-1-4-11-38)63-51(42)66(50)36-20-16-34(17-21-36)53(56)29-9-30-53/h1-8,10-27,32-33,44H,9,28-31,56-57H2,(H2,55,58)(H,59,62). The highest BCUT2D eigenvalue weighted by molar-refractivity contribution is 7.99. The molecule has 7 N–H and O–H groups in total. The minimum atomic E-state index is -0.695. The molecule has 0 spiro atoms. The number of hydrogen-bond donors (Lipinski definition) is 4. The Morgan fingerprint density at radius 1 is 0.588 bits per heavy atom. The van der Waals surface area contributed by atoms with Crippen LogP contribution in [0.3, 0.4) is 0 Å². The van der Waals surface area contributed by atoms with Crippen LogP contribution < -0.4 is 27.3 Å². The van der Waals surface area contributed by atoms with Gasteiger partial charge in [-0.25, -0.2) is 24.9 Å². The van der Waals surface area contributed by atoms with Gasteiger partial charge in [0.2, 0.25) is 5.88 Å². The molecule has 2 aliphatic carbocycles. The SMILES string of the molecule is Nc1ncccc1-c1nc2ccc(Sc3ccccc3)nc2n1-c1ccc(C2(N)CCC2Nc2ncccc2-c2nc3ccc(Oc4ccccc4)nc3n2-c2ccc(C3(N)CCC3)cc2)cc1. The molecule has 0 saturated heterocycles. The second kappa shape index (κ2) is 16.8. The lowest BCUT2D eigenvalue weighted by molar-refractivity contribution is 0.219. The maximum absolute atomic E-state index is 7.42. The molecule has 0 bridgehead atoms. The second-order valence-corrected chi connectivity index (χ2v) is 18.7. The van der Waals surface area contributed by atoms with Gasteiger partial charge in [0.05, 0.1) is 16.7 Å². The van der Waals surface area contributed by atoms with Crippen LogP contribution in [0.4, 0.5) is 11.6 Å². The van der Waals surface area contributed by atoms with Crippen molar-refractivity contribution in [3.05, 3.63) is 181 Å². The first-order valence-electron chi connectivity index (χ1n) is 22.8. The van der Waals surface area contributed by atoms with Gasteiger partial charge in [0.25, 0.3) is 0 Å². The maximum Gasteiger partial charge on any atom is 0.221 e. The van der Waals surface area contributed by atoms with E-state index in [1.54, 1.807) is 24.2 Å². The first kappa shape index (κ1) is 41.5. The van der Waals surface area contributed by atoms with E-state index in [-0.39, 0.29) is 11.6 Å². The molecule has 0 aliphatic heterocycles. The van der Waals surface area contributed by atoms with Crippen LogP contribution in [0.5, 0.6) is 11.6 Å². The Morgan fingerprint density at radius 3 is 1.85 bits per heavy atom. The molecular weight excluding hydrogens is 865 g/mol. The summed E-state index contributed by atoms with van der Waals surface area (Å²) in [5.74, 6) is 3.55. The highest BCUT2D eigenvalue weighted by Crippen LogP contribution is 2.44. The van der Waals surface area contributed by atoms with E-state index in [1.807, 2.05) is 102 Å². The van der Waals surface area contributed by atoms with Crippen LogP contribution in [-0.4, -0.2) is 45.1 Å². The Balaban J connectivity index is 0.884. The topological polar surface area (TPSA) is 187 Å². The van der Waals surface area contributed by atoms with Crippen molar-refractivity contribution in [1.29, 1.82) is 0 Å². The van der Waals surface area contributed by atoms with Crippen LogP contribution in [0.15, 0.2) is 180 Å². The molecule has 2 atom stereocenters. The third-order valence-electron chi connectivity index (χ3n) is 13.4. The zero-order valence-electron chi connectivity index (χ0n) is 36.9. The molecule has 6 heterocycles. The predicted octanol–water partition coefficient (Wildman–Crippen LogP) is 10.6. The summed E-state index contributed by atoms with van der Waals surface area (Å²) in [6.45, 7) is 0. The summed E-state index contributed by atoms with van der Waals surface area (Å²) >= 11 is 1.60. The summed E-state index contributed by atoms with van der Waals surface area (Å²) in [4.78, 5) is 30.8. The van der Waals surface area contributed by atoms with E-state index in [4.69, 9.17) is 46.9 Å². The number of benzene rings is 4. The predicted molar refractivity (Wildman–Crippen MR) is 268 cm³/mol. The molecule has 0 radical (unpaired) electrons. The number of aromatic nitrogens is 8. The number of para-hydroxylation sites is 1. The highest BCUT2D eigenvalue weighted by Gasteiger charge is 2.45. The van der Waals surface area contributed by atoms with E-state index in [2.05, 4.69) is 75.5 Å². The van der Waals surface area contributed by atoms with Gasteiger partial charge in [-0.1, -0.05) is 72.4 Å². The Kier molecular flexibility index (Phi) is 10.2. The van der Waals surface area contributed by atoms with Crippen molar-refractivity contribution in [2.75, 3.05) is 11.1 Å². The lowest BCUT2D eigenvalue weighted by atomic mass is 9.68. The fraction of sp³-hybridized carbons (Fsp3) is 0.148. The Morgan fingerprint density at radius 2 is 1.21 bits per heavy atom. The van der Waals surface area contributed by atoms with E-state index >= 15 is 0 Å². The van der Waals surface area contributed by atoms with Gasteiger partial charge in [-0.15, -0.1) is 0 Å². The molecule has 14 heteroatoms. The minimum Gasteiger partial charge on any atom is -0.439 e. The van der Waals surface area contributed by atoms with Crippen molar-refractivity contribution in [3.63, 3.8) is 0 Å². The number of anilines is 2. The second-order valence-electron chi connectivity index (χ2n) is 17.6. The number of pyridine rings is 4. The van der Waals surface area contributed by atoms with Crippen molar-refractivity contribution in [2.24, 2.45) is 11.5 Å². The quantitative estimate of drug-likeness (QED) is 0.0910. The van der Waals surface area contributed by atoms with E-state index in [0.717, 1.165) is 81.2 Å². The lowest BCUT2D eigenvalue weighted by Gasteiger charge is -2.48. The Labute approximate surface area is 396 Å². The van der Waals surface area contributed by atoms with E-state index < -0.39 is 5.54 Å². The molecule has 12 rings (SSSR count). The largest absolute Gasteiger partial charge is 0.439 e. The number of fused-ring (bicyclic) bond motifs is 2. The van der Waals surface area contributed by atoms with E-state index in [9.17, 15) is 0 Å². The maximum atomic E-state index is 7.42. The number of imidazole rings is 2. The van der Waals surface area contributed by atoms with Crippen LogP contribution in [0.25, 0.3) is 56.5 Å². The van der Waals surface area contributed by atoms with Crippen LogP contribution >= 0.6 is 11.8 Å². The third-order valence-corrected chi connectivity index (χ3v) is 14.4. The van der Waals surface area contributed by atoms with Crippen molar-refractivity contribution in [2.45, 2.75) is 59.1 Å². The number of rotatable bonds is 12. The van der Waals surface area contributed by atoms with Gasteiger partial charge in [-0.3, -0.25) is 9.13 Å². The van der Waals surface area contributed by atoms with E-state index in [0.29, 0.717) is 51.7 Å². The highest BCUT2D eigenvalue weighted by atomic mass is 32.2. The van der Waals surface area contributed by atoms with Crippen LogP contribution in [-0.2, 0) is 11.1 Å². The number of ether oxygens (including phenoxy) is 1. The summed E-state index contributed by atoms with van der Waals surface area (Å²) in [6.07, 6.45) is 8.19. The van der Waals surface area contributed by atoms with Crippen LogP contribution in [0.1, 0.15) is 43.2 Å². The minimum absolute atomic E-state index is 0.134. The van der Waals surface area contributed by atoms with Gasteiger partial charge in [-0.2, -0.15) is 4.98 Å². The zero-order valence-corrected chi connectivity index (χ0v) is 37.7. The molecule has 2 aliphatic rings. The number of nitrogens with two attached hydrogens (primary N) is 3. The van der Waals surface area contributed by atoms with Gasteiger partial charge in [0.1, 0.15) is 33.4 Å². The fourth-order valence-corrected chi connectivity index (χ4v) is 10.2. The molecule has 2 unspecified atom stereocenters. The fourth-order valence-electron chi connectivity index (χ4n) is 9.39. The molecule has 4 aromatic carbocycles. The van der Waals surface area contributed by atoms with Crippen LogP contribution in [0, 0.1) is 0 Å². The summed E-state index contributed by atoms with van der Waals surface area (Å²) in [7, 11) is 0. The third kappa shape index (κ3) is 7.39. The molecule has 2 fully saturated rings. The van der Waals surface area contributed by atoms with Crippen molar-refractivity contribution >= 4 is 45.7 Å². The molecule has 68 heavy (non-hydrogen) atoms. The molecule has 2 saturated carbocycles. The van der Waals surface area contributed by atoms with Gasteiger partial charge in [-0.05, 0) is 134 Å². The van der Waals surface area contributed by atoms with Gasteiger partial charge in [0.15, 0.2) is 22.9 Å². The first-order chi connectivity index (χ1) is 33.3. The average molecular weight is 911 g/mol. The monoisotopic (exact) mass is 910 g/mol. The Bertz CT molecular complexity index is 3470. The van der Waals surface area contributed by atoms with Gasteiger partial charge < -0.3 is 27.3 Å². The summed E-state index contributed by atoms with van der Waals surface area (Å²) in [5.41, 5.74) is 27.9. The molecule has 334 valence electrons. The first-order valence-corrected chi connectivity index (χ1v) is 23.6. The summed E-state index contributed by atoms with van der Waals surface area (Å²) < 4.78 is 10.3. The molecule has 0 amide bonds. The molecule has 10 aromatic rings. The number of nitrogens with one attached hydrogen (secondary N) is 1. The number of nitrogen functional groups attached to an aromatic ring is 1. The van der Waals surface area contributed by atoms with Crippen molar-refractivity contribution in [1.82, 2.24) is 39.0 Å². The van der Waals surface area contributed by atoms with Crippen molar-refractivity contribution < 1.29 is 4.74 Å². The van der Waals surface area contributed by atoms with E-state index in [1.165, 1.54) is 0 Å².